The number of piperidine rings is 1. The molecule has 1 atom stereocenters. The monoisotopic (exact) mass is 322 g/mol. The Balaban J connectivity index is 1.82. The van der Waals surface area contributed by atoms with E-state index < -0.39 is 0 Å². The fourth-order valence-corrected chi connectivity index (χ4v) is 3.47. The first-order valence-electron chi connectivity index (χ1n) is 8.83. The predicted octanol–water partition coefficient (Wildman–Crippen LogP) is 3.87. The molecule has 1 amide bonds. The molecule has 0 spiro atoms. The van der Waals surface area contributed by atoms with Crippen LogP contribution in [0.1, 0.15) is 36.4 Å². The third kappa shape index (κ3) is 4.04. The Morgan fingerprint density at radius 3 is 2.17 bits per heavy atom. The van der Waals surface area contributed by atoms with E-state index in [0.29, 0.717) is 0 Å². The van der Waals surface area contributed by atoms with Gasteiger partial charge in [-0.15, -0.1) is 0 Å². The maximum absolute atomic E-state index is 13.2. The molecule has 3 heteroatoms. The minimum absolute atomic E-state index is 0.218. The van der Waals surface area contributed by atoms with Crippen LogP contribution < -0.4 is 0 Å². The van der Waals surface area contributed by atoms with Crippen molar-refractivity contribution in [2.24, 2.45) is 0 Å². The first kappa shape index (κ1) is 16.7. The number of likely N-dealkylation sites (tertiary alicyclic amines) is 1. The van der Waals surface area contributed by atoms with E-state index in [0.717, 1.165) is 38.0 Å². The van der Waals surface area contributed by atoms with Crippen LogP contribution in [0.15, 0.2) is 60.7 Å². The highest BCUT2D eigenvalue weighted by Crippen LogP contribution is 2.25. The summed E-state index contributed by atoms with van der Waals surface area (Å²) in [5.74, 6) is 0.235. The van der Waals surface area contributed by atoms with Crippen LogP contribution in [0.3, 0.4) is 0 Å². The second-order valence-corrected chi connectivity index (χ2v) is 6.60. The predicted molar refractivity (Wildman–Crippen MR) is 97.5 cm³/mol. The number of amides is 1. The van der Waals surface area contributed by atoms with Crippen molar-refractivity contribution in [1.29, 1.82) is 0 Å². The second-order valence-electron chi connectivity index (χ2n) is 6.60. The molecule has 0 radical (unpaired) electrons. The second kappa shape index (κ2) is 8.11. The highest BCUT2D eigenvalue weighted by molar-refractivity contribution is 5.83. The van der Waals surface area contributed by atoms with Crippen molar-refractivity contribution in [1.82, 2.24) is 9.80 Å². The largest absolute Gasteiger partial charge is 0.341 e. The lowest BCUT2D eigenvalue weighted by atomic mass is 10.0. The summed E-state index contributed by atoms with van der Waals surface area (Å²) in [5, 5.41) is 0. The summed E-state index contributed by atoms with van der Waals surface area (Å²) in [7, 11) is 2.05. The summed E-state index contributed by atoms with van der Waals surface area (Å²) >= 11 is 0. The molecule has 1 aliphatic rings. The molecule has 2 aromatic rings. The summed E-state index contributed by atoms with van der Waals surface area (Å²) in [5.41, 5.74) is 2.30. The van der Waals surface area contributed by atoms with Crippen LogP contribution in [0, 0.1) is 0 Å². The van der Waals surface area contributed by atoms with E-state index in [-0.39, 0.29) is 11.9 Å². The van der Waals surface area contributed by atoms with Gasteiger partial charge in [0.15, 0.2) is 0 Å². The van der Waals surface area contributed by atoms with E-state index in [1.165, 1.54) is 12.0 Å². The average molecular weight is 322 g/mol. The summed E-state index contributed by atoms with van der Waals surface area (Å²) in [6.07, 6.45) is 3.48. The third-order valence-corrected chi connectivity index (χ3v) is 4.73. The molecule has 1 heterocycles. The Hall–Kier alpha value is -2.13. The molecular formula is C21H26N2O. The van der Waals surface area contributed by atoms with Gasteiger partial charge in [0.25, 0.3) is 0 Å². The van der Waals surface area contributed by atoms with Gasteiger partial charge >= 0.3 is 0 Å². The smallest absolute Gasteiger partial charge is 0.244 e. The maximum atomic E-state index is 13.2. The van der Waals surface area contributed by atoms with Gasteiger partial charge in [0.2, 0.25) is 5.91 Å². The van der Waals surface area contributed by atoms with Crippen LogP contribution >= 0.6 is 0 Å². The fourth-order valence-electron chi connectivity index (χ4n) is 3.47. The number of benzene rings is 2. The number of carbonyl (C=O) groups excluding carboxylic acids is 1. The summed E-state index contributed by atoms with van der Waals surface area (Å²) in [4.78, 5) is 17.4. The molecular weight excluding hydrogens is 296 g/mol. The Kier molecular flexibility index (Phi) is 5.65. The first-order chi connectivity index (χ1) is 11.8. The van der Waals surface area contributed by atoms with Crippen LogP contribution in [0.4, 0.5) is 0 Å². The standard InChI is InChI=1S/C21H26N2O/c1-22(17-18-11-5-2-6-12-18)20(19-13-7-3-8-14-19)21(24)23-15-9-4-10-16-23/h2-3,5-8,11-14,20H,4,9-10,15-17H2,1H3. The fraction of sp³-hybridized carbons (Fsp3) is 0.381. The molecule has 126 valence electrons. The molecule has 1 fully saturated rings. The van der Waals surface area contributed by atoms with Crippen molar-refractivity contribution in [3.05, 3.63) is 71.8 Å². The van der Waals surface area contributed by atoms with Crippen LogP contribution in [0.25, 0.3) is 0 Å². The lowest BCUT2D eigenvalue weighted by molar-refractivity contribution is -0.138. The van der Waals surface area contributed by atoms with Crippen LogP contribution in [-0.2, 0) is 11.3 Å². The van der Waals surface area contributed by atoms with Crippen molar-refractivity contribution in [3.63, 3.8) is 0 Å². The lowest BCUT2D eigenvalue weighted by Gasteiger charge is -2.34. The molecule has 2 aromatic carbocycles. The number of nitrogens with zero attached hydrogens (tertiary/aromatic N) is 2. The average Bonchev–Trinajstić information content (AvgIpc) is 2.64. The first-order valence-corrected chi connectivity index (χ1v) is 8.83. The molecule has 0 saturated carbocycles. The molecule has 0 bridgehead atoms. The summed E-state index contributed by atoms with van der Waals surface area (Å²) in [6, 6.07) is 20.3. The highest BCUT2D eigenvalue weighted by atomic mass is 16.2. The van der Waals surface area contributed by atoms with Crippen LogP contribution in [-0.4, -0.2) is 35.8 Å². The van der Waals surface area contributed by atoms with Gasteiger partial charge in [0, 0.05) is 19.6 Å². The van der Waals surface area contributed by atoms with Crippen molar-refractivity contribution in [3.8, 4) is 0 Å². The molecule has 3 rings (SSSR count). The lowest BCUT2D eigenvalue weighted by Crippen LogP contribution is -2.43. The van der Waals surface area contributed by atoms with E-state index in [1.54, 1.807) is 0 Å². The van der Waals surface area contributed by atoms with Crippen molar-refractivity contribution >= 4 is 5.91 Å². The number of carbonyl (C=O) groups is 1. The zero-order chi connectivity index (χ0) is 16.8. The number of hydrogen-bond donors (Lipinski definition) is 0. The topological polar surface area (TPSA) is 23.6 Å². The van der Waals surface area contributed by atoms with Gasteiger partial charge in [-0.2, -0.15) is 0 Å². The van der Waals surface area contributed by atoms with Crippen molar-refractivity contribution in [2.75, 3.05) is 20.1 Å². The van der Waals surface area contributed by atoms with E-state index in [1.807, 2.05) is 48.3 Å². The molecule has 0 aliphatic carbocycles. The van der Waals surface area contributed by atoms with Crippen LogP contribution in [0.5, 0.6) is 0 Å². The van der Waals surface area contributed by atoms with Crippen molar-refractivity contribution in [2.45, 2.75) is 31.8 Å². The Labute approximate surface area is 144 Å². The Morgan fingerprint density at radius 2 is 1.54 bits per heavy atom. The van der Waals surface area contributed by atoms with Gasteiger partial charge in [0.1, 0.15) is 6.04 Å². The zero-order valence-electron chi connectivity index (χ0n) is 14.4. The molecule has 1 unspecified atom stereocenters. The molecule has 1 aliphatic heterocycles. The summed E-state index contributed by atoms with van der Waals surface area (Å²) < 4.78 is 0. The molecule has 0 N–H and O–H groups in total. The normalized spacial score (nSPS) is 16.2. The van der Waals surface area contributed by atoms with Gasteiger partial charge in [-0.1, -0.05) is 60.7 Å². The molecule has 24 heavy (non-hydrogen) atoms. The molecule has 0 aromatic heterocycles. The SMILES string of the molecule is CN(Cc1ccccc1)C(C(=O)N1CCCCC1)c1ccccc1. The van der Waals surface area contributed by atoms with Gasteiger partial charge in [-0.25, -0.2) is 0 Å². The molecule has 1 saturated heterocycles. The number of hydrogen-bond acceptors (Lipinski definition) is 2. The minimum atomic E-state index is -0.218. The van der Waals surface area contributed by atoms with Gasteiger partial charge < -0.3 is 4.90 Å². The summed E-state index contributed by atoms with van der Waals surface area (Å²) in [6.45, 7) is 2.54. The highest BCUT2D eigenvalue weighted by Gasteiger charge is 2.30. The minimum Gasteiger partial charge on any atom is -0.341 e. The number of likely N-dealkylation sites (N-methyl/N-ethyl adjacent to an activating group) is 1. The van der Waals surface area contributed by atoms with E-state index >= 15 is 0 Å². The molecule has 3 nitrogen and oxygen atoms in total. The van der Waals surface area contributed by atoms with Gasteiger partial charge in [-0.05, 0) is 37.4 Å². The van der Waals surface area contributed by atoms with E-state index in [4.69, 9.17) is 0 Å². The third-order valence-electron chi connectivity index (χ3n) is 4.73. The van der Waals surface area contributed by atoms with Crippen molar-refractivity contribution < 1.29 is 4.79 Å². The van der Waals surface area contributed by atoms with E-state index in [2.05, 4.69) is 29.2 Å². The van der Waals surface area contributed by atoms with Crippen LogP contribution in [0.2, 0.25) is 0 Å². The Morgan fingerprint density at radius 1 is 0.958 bits per heavy atom. The maximum Gasteiger partial charge on any atom is 0.244 e. The van der Waals surface area contributed by atoms with Gasteiger partial charge in [-0.3, -0.25) is 9.69 Å². The number of rotatable bonds is 5. The van der Waals surface area contributed by atoms with E-state index in [9.17, 15) is 4.79 Å². The zero-order valence-corrected chi connectivity index (χ0v) is 14.4. The quantitative estimate of drug-likeness (QED) is 0.834. The van der Waals surface area contributed by atoms with Gasteiger partial charge in [0.05, 0.1) is 0 Å². The Bertz CT molecular complexity index is 635.